The molecule has 86 valence electrons. The van der Waals surface area contributed by atoms with Crippen molar-refractivity contribution >= 4 is 28.2 Å². The molecular formula is C10H18N2OS2. The van der Waals surface area contributed by atoms with Crippen LogP contribution in [-0.2, 0) is 6.42 Å². The van der Waals surface area contributed by atoms with Gasteiger partial charge in [0, 0.05) is 16.7 Å². The Balaban J connectivity index is 2.53. The maximum absolute atomic E-state index is 9.15. The predicted molar refractivity (Wildman–Crippen MR) is 69.0 cm³/mol. The lowest BCUT2D eigenvalue weighted by molar-refractivity contribution is 0.288. The Morgan fingerprint density at radius 1 is 1.67 bits per heavy atom. The molecule has 0 saturated carbocycles. The van der Waals surface area contributed by atoms with Crippen LogP contribution in [0.4, 0.5) is 5.13 Å². The van der Waals surface area contributed by atoms with Crippen LogP contribution in [0.3, 0.4) is 0 Å². The van der Waals surface area contributed by atoms with Gasteiger partial charge in [0.05, 0.1) is 12.3 Å². The summed E-state index contributed by atoms with van der Waals surface area (Å²) in [7, 11) is 0. The van der Waals surface area contributed by atoms with Crippen molar-refractivity contribution in [1.82, 2.24) is 4.98 Å². The fourth-order valence-corrected chi connectivity index (χ4v) is 2.78. The first-order valence-electron chi connectivity index (χ1n) is 5.05. The predicted octanol–water partition coefficient (Wildman–Crippen LogP) is 2.23. The highest BCUT2D eigenvalue weighted by molar-refractivity contribution is 7.99. The summed E-state index contributed by atoms with van der Waals surface area (Å²) in [6.45, 7) is 4.37. The third-order valence-corrected chi connectivity index (χ3v) is 4.29. The van der Waals surface area contributed by atoms with Gasteiger partial charge < -0.3 is 10.4 Å². The van der Waals surface area contributed by atoms with Gasteiger partial charge in [0.25, 0.3) is 0 Å². The van der Waals surface area contributed by atoms with Crippen LogP contribution in [0.25, 0.3) is 0 Å². The lowest BCUT2D eigenvalue weighted by atomic mass is 10.2. The summed E-state index contributed by atoms with van der Waals surface area (Å²) in [5.74, 6) is 0. The van der Waals surface area contributed by atoms with Crippen molar-refractivity contribution in [3.05, 3.63) is 11.1 Å². The van der Waals surface area contributed by atoms with Gasteiger partial charge in [0.15, 0.2) is 5.13 Å². The number of aliphatic hydroxyl groups is 1. The van der Waals surface area contributed by atoms with E-state index in [9.17, 15) is 0 Å². The molecule has 0 aromatic carbocycles. The molecule has 0 bridgehead atoms. The second-order valence-corrected chi connectivity index (χ2v) is 5.32. The smallest absolute Gasteiger partial charge is 0.183 e. The minimum atomic E-state index is 0.196. The van der Waals surface area contributed by atoms with E-state index in [4.69, 9.17) is 5.11 Å². The summed E-state index contributed by atoms with van der Waals surface area (Å²) >= 11 is 3.30. The molecular weight excluding hydrogens is 228 g/mol. The molecule has 1 aromatic heterocycles. The molecule has 5 heteroatoms. The van der Waals surface area contributed by atoms with E-state index >= 15 is 0 Å². The van der Waals surface area contributed by atoms with Gasteiger partial charge in [0.1, 0.15) is 0 Å². The molecule has 3 nitrogen and oxygen atoms in total. The third kappa shape index (κ3) is 3.66. The normalized spacial score (nSPS) is 14.9. The van der Waals surface area contributed by atoms with Gasteiger partial charge in [-0.05, 0) is 19.6 Å². The zero-order valence-electron chi connectivity index (χ0n) is 9.36. The number of thiazole rings is 1. The molecule has 0 aliphatic carbocycles. The number of rotatable bonds is 6. The second kappa shape index (κ2) is 6.35. The monoisotopic (exact) mass is 246 g/mol. The average Bonchev–Trinajstić information content (AvgIpc) is 2.67. The van der Waals surface area contributed by atoms with Crippen LogP contribution in [0.1, 0.15) is 19.5 Å². The summed E-state index contributed by atoms with van der Waals surface area (Å²) in [6, 6.07) is 0.237. The highest BCUT2D eigenvalue weighted by atomic mass is 32.2. The number of nitrogens with zero attached hydrogens (tertiary/aromatic N) is 1. The molecule has 0 fully saturated rings. The molecule has 0 radical (unpaired) electrons. The van der Waals surface area contributed by atoms with Gasteiger partial charge in [-0.3, -0.25) is 0 Å². The molecule has 1 aromatic rings. The van der Waals surface area contributed by atoms with Crippen molar-refractivity contribution in [3.8, 4) is 0 Å². The van der Waals surface area contributed by atoms with Gasteiger partial charge in [0.2, 0.25) is 0 Å². The molecule has 0 amide bonds. The molecule has 2 N–H and O–H groups in total. The molecule has 2 unspecified atom stereocenters. The number of aryl methyl sites for hydroxylation is 1. The number of hydrogen-bond donors (Lipinski definition) is 2. The molecule has 0 aliphatic rings. The largest absolute Gasteiger partial charge is 0.395 e. The van der Waals surface area contributed by atoms with Crippen LogP contribution in [0.2, 0.25) is 0 Å². The van der Waals surface area contributed by atoms with Gasteiger partial charge in [-0.15, -0.1) is 11.3 Å². The molecule has 0 spiro atoms. The third-order valence-electron chi connectivity index (χ3n) is 2.31. The minimum absolute atomic E-state index is 0.196. The molecule has 1 heterocycles. The zero-order valence-corrected chi connectivity index (χ0v) is 11.0. The van der Waals surface area contributed by atoms with E-state index in [0.29, 0.717) is 0 Å². The Hall–Kier alpha value is -0.260. The van der Waals surface area contributed by atoms with Crippen LogP contribution in [0.5, 0.6) is 0 Å². The summed E-state index contributed by atoms with van der Waals surface area (Å²) in [5, 5.41) is 15.7. The van der Waals surface area contributed by atoms with Crippen molar-refractivity contribution in [2.24, 2.45) is 0 Å². The van der Waals surface area contributed by atoms with Gasteiger partial charge in [-0.1, -0.05) is 6.92 Å². The Morgan fingerprint density at radius 2 is 2.40 bits per heavy atom. The number of aromatic nitrogens is 1. The standard InChI is InChI=1S/C10H18N2OS2/c1-4-8-6-15-10(12-8)11-7(2)9(5-13)14-3/h6-7,9,13H,4-5H2,1-3H3,(H,11,12). The van der Waals surface area contributed by atoms with Crippen molar-refractivity contribution in [2.75, 3.05) is 18.2 Å². The molecule has 2 atom stereocenters. The van der Waals surface area contributed by atoms with Gasteiger partial charge >= 0.3 is 0 Å². The van der Waals surface area contributed by atoms with Crippen molar-refractivity contribution in [3.63, 3.8) is 0 Å². The summed E-state index contributed by atoms with van der Waals surface area (Å²) in [5.41, 5.74) is 1.12. The van der Waals surface area contributed by atoms with E-state index in [1.165, 1.54) is 0 Å². The Kier molecular flexibility index (Phi) is 5.42. The van der Waals surface area contributed by atoms with Crippen molar-refractivity contribution in [2.45, 2.75) is 31.6 Å². The lowest BCUT2D eigenvalue weighted by Crippen LogP contribution is -2.30. The van der Waals surface area contributed by atoms with Crippen LogP contribution >= 0.6 is 23.1 Å². The first-order chi connectivity index (χ1) is 7.21. The lowest BCUT2D eigenvalue weighted by Gasteiger charge is -2.20. The fourth-order valence-electron chi connectivity index (χ4n) is 1.26. The van der Waals surface area contributed by atoms with E-state index in [0.717, 1.165) is 17.2 Å². The highest BCUT2D eigenvalue weighted by Gasteiger charge is 2.15. The Morgan fingerprint density at radius 3 is 2.87 bits per heavy atom. The van der Waals surface area contributed by atoms with Crippen LogP contribution < -0.4 is 5.32 Å². The quantitative estimate of drug-likeness (QED) is 0.808. The SMILES string of the molecule is CCc1csc(NC(C)C(CO)SC)n1. The van der Waals surface area contributed by atoms with E-state index in [1.807, 2.05) is 6.26 Å². The average molecular weight is 246 g/mol. The first kappa shape index (κ1) is 12.8. The maximum Gasteiger partial charge on any atom is 0.183 e. The summed E-state index contributed by atoms with van der Waals surface area (Å²) in [4.78, 5) is 4.44. The number of anilines is 1. The number of aliphatic hydroxyl groups excluding tert-OH is 1. The van der Waals surface area contributed by atoms with Crippen LogP contribution in [-0.4, -0.2) is 34.2 Å². The highest BCUT2D eigenvalue weighted by Crippen LogP contribution is 2.20. The molecule has 0 aliphatic heterocycles. The molecule has 0 saturated heterocycles. The number of hydrogen-bond acceptors (Lipinski definition) is 5. The molecule has 15 heavy (non-hydrogen) atoms. The summed E-state index contributed by atoms with van der Waals surface area (Å²) < 4.78 is 0. The van der Waals surface area contributed by atoms with E-state index in [-0.39, 0.29) is 17.9 Å². The molecule has 1 rings (SSSR count). The topological polar surface area (TPSA) is 45.1 Å². The minimum Gasteiger partial charge on any atom is -0.395 e. The second-order valence-electron chi connectivity index (χ2n) is 3.39. The number of thioether (sulfide) groups is 1. The van der Waals surface area contributed by atoms with E-state index in [2.05, 4.69) is 29.5 Å². The van der Waals surface area contributed by atoms with E-state index in [1.54, 1.807) is 23.1 Å². The first-order valence-corrected chi connectivity index (χ1v) is 7.22. The summed E-state index contributed by atoms with van der Waals surface area (Å²) in [6.07, 6.45) is 2.98. The fraction of sp³-hybridized carbons (Fsp3) is 0.700. The van der Waals surface area contributed by atoms with Crippen LogP contribution in [0.15, 0.2) is 5.38 Å². The van der Waals surface area contributed by atoms with Crippen molar-refractivity contribution < 1.29 is 5.11 Å². The van der Waals surface area contributed by atoms with Gasteiger partial charge in [-0.25, -0.2) is 4.98 Å². The maximum atomic E-state index is 9.15. The Labute approximate surface area is 99.3 Å². The Bertz CT molecular complexity index is 287. The van der Waals surface area contributed by atoms with E-state index < -0.39 is 0 Å². The zero-order chi connectivity index (χ0) is 11.3. The number of nitrogens with one attached hydrogen (secondary N) is 1. The van der Waals surface area contributed by atoms with Crippen LogP contribution in [0, 0.1) is 0 Å². The van der Waals surface area contributed by atoms with Crippen molar-refractivity contribution in [1.29, 1.82) is 0 Å². The van der Waals surface area contributed by atoms with Gasteiger partial charge in [-0.2, -0.15) is 11.8 Å².